The van der Waals surface area contributed by atoms with Crippen molar-refractivity contribution in [2.45, 2.75) is 51.2 Å². The Morgan fingerprint density at radius 1 is 1.48 bits per heavy atom. The average Bonchev–Trinajstić information content (AvgIpc) is 3.06. The second kappa shape index (κ2) is 5.11. The molecule has 4 nitrogen and oxygen atoms in total. The summed E-state index contributed by atoms with van der Waals surface area (Å²) in [5.41, 5.74) is 9.06. The van der Waals surface area contributed by atoms with E-state index in [2.05, 4.69) is 6.07 Å². The number of anilines is 1. The summed E-state index contributed by atoms with van der Waals surface area (Å²) in [6.07, 6.45) is 2.20. The van der Waals surface area contributed by atoms with Gasteiger partial charge in [0, 0.05) is 18.8 Å². The molecule has 0 radical (unpaired) electrons. The number of nitrogens with two attached hydrogens (primary N) is 1. The predicted octanol–water partition coefficient (Wildman–Crippen LogP) is 2.51. The zero-order valence-corrected chi connectivity index (χ0v) is 13.1. The lowest BCUT2D eigenvalue weighted by Gasteiger charge is -2.21. The molecule has 1 fully saturated rings. The van der Waals surface area contributed by atoms with Gasteiger partial charge in [0.2, 0.25) is 5.91 Å². The van der Waals surface area contributed by atoms with Gasteiger partial charge in [0.1, 0.15) is 0 Å². The highest BCUT2D eigenvalue weighted by atomic mass is 16.5. The Balaban J connectivity index is 1.98. The molecule has 2 unspecified atom stereocenters. The van der Waals surface area contributed by atoms with Crippen LogP contribution in [0.4, 0.5) is 5.69 Å². The first-order valence-corrected chi connectivity index (χ1v) is 7.80. The maximum atomic E-state index is 12.5. The number of ether oxygens (including phenoxy) is 1. The monoisotopic (exact) mass is 288 g/mol. The predicted molar refractivity (Wildman–Crippen MR) is 83.4 cm³/mol. The third kappa shape index (κ3) is 2.17. The number of fused-ring (bicyclic) bond motifs is 1. The molecule has 0 bridgehead atoms. The Kier molecular flexibility index (Phi) is 3.54. The highest BCUT2D eigenvalue weighted by Gasteiger charge is 2.43. The molecule has 2 N–H and O–H groups in total. The van der Waals surface area contributed by atoms with Gasteiger partial charge in [-0.25, -0.2) is 0 Å². The van der Waals surface area contributed by atoms with E-state index in [-0.39, 0.29) is 18.1 Å². The Morgan fingerprint density at radius 3 is 2.86 bits per heavy atom. The van der Waals surface area contributed by atoms with Crippen LogP contribution in [0.15, 0.2) is 18.2 Å². The van der Waals surface area contributed by atoms with Crippen molar-refractivity contribution in [3.63, 3.8) is 0 Å². The van der Waals surface area contributed by atoms with Gasteiger partial charge in [-0.2, -0.15) is 0 Å². The van der Waals surface area contributed by atoms with Crippen LogP contribution in [-0.4, -0.2) is 25.2 Å². The van der Waals surface area contributed by atoms with Gasteiger partial charge in [-0.3, -0.25) is 4.79 Å². The summed E-state index contributed by atoms with van der Waals surface area (Å²) in [5.74, 6) is 0.169. The number of amides is 1. The topological polar surface area (TPSA) is 55.6 Å². The Bertz CT molecular complexity index is 562. The summed E-state index contributed by atoms with van der Waals surface area (Å²) in [7, 11) is 0. The fourth-order valence-electron chi connectivity index (χ4n) is 3.47. The van der Waals surface area contributed by atoms with E-state index in [9.17, 15) is 4.79 Å². The van der Waals surface area contributed by atoms with Gasteiger partial charge in [-0.1, -0.05) is 12.1 Å². The zero-order chi connectivity index (χ0) is 15.2. The molecule has 4 heteroatoms. The summed E-state index contributed by atoms with van der Waals surface area (Å²) in [6, 6.07) is 6.08. The van der Waals surface area contributed by atoms with E-state index in [1.165, 1.54) is 0 Å². The van der Waals surface area contributed by atoms with Gasteiger partial charge < -0.3 is 15.4 Å². The van der Waals surface area contributed by atoms with Crippen molar-refractivity contribution >= 4 is 11.6 Å². The molecule has 21 heavy (non-hydrogen) atoms. The largest absolute Gasteiger partial charge is 0.376 e. The Labute approximate surface area is 126 Å². The molecular formula is C17H24N2O2. The van der Waals surface area contributed by atoms with Crippen LogP contribution >= 0.6 is 0 Å². The van der Waals surface area contributed by atoms with Crippen LogP contribution in [-0.2, 0) is 14.9 Å². The van der Waals surface area contributed by atoms with Gasteiger partial charge >= 0.3 is 0 Å². The summed E-state index contributed by atoms with van der Waals surface area (Å²) in [4.78, 5) is 14.4. The van der Waals surface area contributed by atoms with Crippen LogP contribution in [0, 0.1) is 0 Å². The summed E-state index contributed by atoms with van der Waals surface area (Å²) < 4.78 is 5.70. The molecule has 1 amide bonds. The molecular weight excluding hydrogens is 264 g/mol. The lowest BCUT2D eigenvalue weighted by atomic mass is 9.84. The van der Waals surface area contributed by atoms with Crippen LogP contribution in [0.3, 0.4) is 0 Å². The summed E-state index contributed by atoms with van der Waals surface area (Å²) in [6.45, 7) is 7.49. The Morgan fingerprint density at radius 2 is 2.24 bits per heavy atom. The van der Waals surface area contributed by atoms with Crippen molar-refractivity contribution < 1.29 is 9.53 Å². The number of likely N-dealkylation sites (N-methyl/N-ethyl adjacent to an activating group) is 1. The maximum absolute atomic E-state index is 12.5. The minimum Gasteiger partial charge on any atom is -0.376 e. The number of rotatable bonds is 3. The van der Waals surface area contributed by atoms with Crippen molar-refractivity contribution in [1.82, 2.24) is 0 Å². The highest BCUT2D eigenvalue weighted by molar-refractivity contribution is 6.07. The third-order valence-corrected chi connectivity index (χ3v) is 4.83. The summed E-state index contributed by atoms with van der Waals surface area (Å²) in [5, 5.41) is 0. The molecule has 0 aliphatic carbocycles. The number of carbonyl (C=O) groups excluding carboxylic acids is 1. The zero-order valence-electron chi connectivity index (χ0n) is 13.1. The molecule has 2 aliphatic heterocycles. The van der Waals surface area contributed by atoms with E-state index in [0.717, 1.165) is 36.3 Å². The Hall–Kier alpha value is -1.39. The van der Waals surface area contributed by atoms with Crippen molar-refractivity contribution in [2.75, 3.05) is 18.1 Å². The molecule has 0 spiro atoms. The smallest absolute Gasteiger partial charge is 0.237 e. The fourth-order valence-corrected chi connectivity index (χ4v) is 3.47. The van der Waals surface area contributed by atoms with Crippen molar-refractivity contribution in [1.29, 1.82) is 0 Å². The SMILES string of the molecule is CCN1C(=O)C(C)(C)c2cc(C(N)C3CCCO3)ccc21. The fraction of sp³-hybridized carbons (Fsp3) is 0.588. The van der Waals surface area contributed by atoms with Crippen LogP contribution in [0.2, 0.25) is 0 Å². The molecule has 1 saturated heterocycles. The van der Waals surface area contributed by atoms with E-state index < -0.39 is 5.41 Å². The minimum absolute atomic E-state index is 0.102. The standard InChI is InChI=1S/C17H24N2O2/c1-4-19-13-8-7-11(15(18)14-6-5-9-21-14)10-12(13)17(2,3)16(19)20/h7-8,10,14-15H,4-6,9,18H2,1-3H3. The van der Waals surface area contributed by atoms with Crippen molar-refractivity contribution in [2.24, 2.45) is 5.73 Å². The third-order valence-electron chi connectivity index (χ3n) is 4.83. The number of nitrogens with zero attached hydrogens (tertiary/aromatic N) is 1. The van der Waals surface area contributed by atoms with Crippen molar-refractivity contribution in [3.8, 4) is 0 Å². The van der Waals surface area contributed by atoms with Crippen molar-refractivity contribution in [3.05, 3.63) is 29.3 Å². The lowest BCUT2D eigenvalue weighted by Crippen LogP contribution is -2.35. The molecule has 3 rings (SSSR count). The van der Waals surface area contributed by atoms with Gasteiger partial charge in [-0.15, -0.1) is 0 Å². The van der Waals surface area contributed by atoms with Gasteiger partial charge in [0.15, 0.2) is 0 Å². The van der Waals surface area contributed by atoms with Gasteiger partial charge in [0.05, 0.1) is 17.6 Å². The highest BCUT2D eigenvalue weighted by Crippen LogP contribution is 2.42. The van der Waals surface area contributed by atoms with Crippen LogP contribution in [0.25, 0.3) is 0 Å². The van der Waals surface area contributed by atoms with E-state index in [1.54, 1.807) is 0 Å². The number of hydrogen-bond donors (Lipinski definition) is 1. The number of carbonyl (C=O) groups is 1. The van der Waals surface area contributed by atoms with E-state index in [4.69, 9.17) is 10.5 Å². The normalized spacial score (nSPS) is 25.2. The van der Waals surface area contributed by atoms with E-state index in [0.29, 0.717) is 6.54 Å². The number of benzene rings is 1. The molecule has 0 aromatic heterocycles. The molecule has 0 saturated carbocycles. The molecule has 2 atom stereocenters. The summed E-state index contributed by atoms with van der Waals surface area (Å²) >= 11 is 0. The molecule has 1 aromatic carbocycles. The van der Waals surface area contributed by atoms with Crippen LogP contribution in [0.5, 0.6) is 0 Å². The molecule has 2 heterocycles. The molecule has 2 aliphatic rings. The van der Waals surface area contributed by atoms with Gasteiger partial charge in [-0.05, 0) is 50.8 Å². The average molecular weight is 288 g/mol. The quantitative estimate of drug-likeness (QED) is 0.929. The lowest BCUT2D eigenvalue weighted by molar-refractivity contribution is -0.122. The van der Waals surface area contributed by atoms with Gasteiger partial charge in [0.25, 0.3) is 0 Å². The first-order valence-electron chi connectivity index (χ1n) is 7.80. The van der Waals surface area contributed by atoms with E-state index >= 15 is 0 Å². The second-order valence-corrected chi connectivity index (χ2v) is 6.53. The maximum Gasteiger partial charge on any atom is 0.237 e. The number of hydrogen-bond acceptors (Lipinski definition) is 3. The first-order chi connectivity index (χ1) is 9.96. The van der Waals surface area contributed by atoms with Crippen LogP contribution in [0.1, 0.15) is 50.8 Å². The van der Waals surface area contributed by atoms with E-state index in [1.807, 2.05) is 37.8 Å². The molecule has 1 aromatic rings. The first kappa shape index (κ1) is 14.5. The minimum atomic E-state index is -0.475. The van der Waals surface area contributed by atoms with Crippen LogP contribution < -0.4 is 10.6 Å². The molecule has 114 valence electrons. The second-order valence-electron chi connectivity index (χ2n) is 6.53.